The van der Waals surface area contributed by atoms with E-state index >= 15 is 0 Å². The SMILES string of the molecule is CN1CCN(c2ccccc2NC(=O)CC[C@H](N)C(=O)O)CC1. The number of rotatable bonds is 6. The van der Waals surface area contributed by atoms with Crippen LogP contribution >= 0.6 is 0 Å². The number of carboxylic acids is 1. The van der Waals surface area contributed by atoms with Crippen LogP contribution < -0.4 is 16.0 Å². The summed E-state index contributed by atoms with van der Waals surface area (Å²) in [6.45, 7) is 3.78. The van der Waals surface area contributed by atoms with Gasteiger partial charge in [0.15, 0.2) is 0 Å². The van der Waals surface area contributed by atoms with Gasteiger partial charge in [0.25, 0.3) is 0 Å². The van der Waals surface area contributed by atoms with Gasteiger partial charge in [0.05, 0.1) is 11.4 Å². The van der Waals surface area contributed by atoms with Crippen LogP contribution in [0, 0.1) is 0 Å². The Balaban J connectivity index is 1.97. The molecule has 1 fully saturated rings. The summed E-state index contributed by atoms with van der Waals surface area (Å²) < 4.78 is 0. The van der Waals surface area contributed by atoms with Crippen LogP contribution in [0.1, 0.15) is 12.8 Å². The van der Waals surface area contributed by atoms with Crippen LogP contribution in [0.3, 0.4) is 0 Å². The largest absolute Gasteiger partial charge is 0.480 e. The first-order valence-corrected chi connectivity index (χ1v) is 7.78. The Kier molecular flexibility index (Phi) is 5.95. The number of carbonyl (C=O) groups excluding carboxylic acids is 1. The maximum atomic E-state index is 12.0. The van der Waals surface area contributed by atoms with E-state index in [0.717, 1.165) is 37.6 Å². The summed E-state index contributed by atoms with van der Waals surface area (Å²) in [7, 11) is 2.09. The normalized spacial score (nSPS) is 16.9. The van der Waals surface area contributed by atoms with Gasteiger partial charge in [-0.15, -0.1) is 0 Å². The van der Waals surface area contributed by atoms with Gasteiger partial charge >= 0.3 is 5.97 Å². The van der Waals surface area contributed by atoms with Crippen molar-refractivity contribution in [3.8, 4) is 0 Å². The maximum absolute atomic E-state index is 12.0. The first-order valence-electron chi connectivity index (χ1n) is 7.78. The second kappa shape index (κ2) is 7.94. The minimum Gasteiger partial charge on any atom is -0.480 e. The molecule has 0 unspecified atom stereocenters. The molecular weight excluding hydrogens is 296 g/mol. The van der Waals surface area contributed by atoms with E-state index < -0.39 is 12.0 Å². The van der Waals surface area contributed by atoms with E-state index in [1.807, 2.05) is 24.3 Å². The van der Waals surface area contributed by atoms with Crippen LogP contribution in [0.25, 0.3) is 0 Å². The van der Waals surface area contributed by atoms with Crippen LogP contribution in [-0.2, 0) is 9.59 Å². The van der Waals surface area contributed by atoms with Gasteiger partial charge in [0.2, 0.25) is 5.91 Å². The lowest BCUT2D eigenvalue weighted by atomic mass is 10.1. The fourth-order valence-electron chi connectivity index (χ4n) is 2.53. The van der Waals surface area contributed by atoms with E-state index in [-0.39, 0.29) is 18.7 Å². The Bertz CT molecular complexity index is 556. The smallest absolute Gasteiger partial charge is 0.320 e. The number of hydrogen-bond acceptors (Lipinski definition) is 5. The highest BCUT2D eigenvalue weighted by Crippen LogP contribution is 2.26. The molecule has 4 N–H and O–H groups in total. The topological polar surface area (TPSA) is 98.9 Å². The van der Waals surface area contributed by atoms with E-state index in [4.69, 9.17) is 10.8 Å². The van der Waals surface area contributed by atoms with Crippen molar-refractivity contribution in [1.82, 2.24) is 4.90 Å². The monoisotopic (exact) mass is 320 g/mol. The van der Waals surface area contributed by atoms with Crippen molar-refractivity contribution >= 4 is 23.3 Å². The zero-order valence-electron chi connectivity index (χ0n) is 13.4. The molecule has 1 heterocycles. The molecule has 1 saturated heterocycles. The van der Waals surface area contributed by atoms with Crippen molar-refractivity contribution < 1.29 is 14.7 Å². The Morgan fingerprint density at radius 1 is 1.26 bits per heavy atom. The van der Waals surface area contributed by atoms with Crippen LogP contribution in [0.15, 0.2) is 24.3 Å². The molecule has 0 saturated carbocycles. The molecule has 1 amide bonds. The molecule has 7 heteroatoms. The highest BCUT2D eigenvalue weighted by Gasteiger charge is 2.18. The standard InChI is InChI=1S/C16H24N4O3/c1-19-8-10-20(11-9-19)14-5-3-2-4-13(14)18-15(21)7-6-12(17)16(22)23/h2-5,12H,6-11,17H2,1H3,(H,18,21)(H,22,23)/t12-/m0/s1. The predicted molar refractivity (Wildman–Crippen MR) is 89.6 cm³/mol. The van der Waals surface area contributed by atoms with Crippen molar-refractivity contribution in [2.24, 2.45) is 5.73 Å². The van der Waals surface area contributed by atoms with Gasteiger partial charge in [-0.05, 0) is 25.6 Å². The number of carboxylic acid groups (broad SMARTS) is 1. The molecule has 1 aliphatic rings. The Labute approximate surface area is 136 Å². The molecule has 0 aliphatic carbocycles. The number of amides is 1. The Morgan fingerprint density at radius 2 is 1.91 bits per heavy atom. The lowest BCUT2D eigenvalue weighted by Crippen LogP contribution is -2.44. The van der Waals surface area contributed by atoms with E-state index in [0.29, 0.717) is 0 Å². The zero-order chi connectivity index (χ0) is 16.8. The summed E-state index contributed by atoms with van der Waals surface area (Å²) in [5, 5.41) is 11.6. The fraction of sp³-hybridized carbons (Fsp3) is 0.500. The number of likely N-dealkylation sites (N-methyl/N-ethyl adjacent to an activating group) is 1. The van der Waals surface area contributed by atoms with Crippen molar-refractivity contribution in [2.75, 3.05) is 43.4 Å². The molecule has 0 aromatic heterocycles. The number of benzene rings is 1. The lowest BCUT2D eigenvalue weighted by Gasteiger charge is -2.35. The molecule has 1 aliphatic heterocycles. The van der Waals surface area contributed by atoms with Crippen LogP contribution in [-0.4, -0.2) is 61.2 Å². The van der Waals surface area contributed by atoms with Crippen LogP contribution in [0.2, 0.25) is 0 Å². The second-order valence-corrected chi connectivity index (χ2v) is 5.84. The van der Waals surface area contributed by atoms with E-state index in [1.165, 1.54) is 0 Å². The van der Waals surface area contributed by atoms with Crippen LogP contribution in [0.4, 0.5) is 11.4 Å². The maximum Gasteiger partial charge on any atom is 0.320 e. The third-order valence-electron chi connectivity index (χ3n) is 4.02. The Morgan fingerprint density at radius 3 is 2.57 bits per heavy atom. The first-order chi connectivity index (χ1) is 11.0. The molecule has 0 radical (unpaired) electrons. The number of nitrogens with zero attached hydrogens (tertiary/aromatic N) is 2. The highest BCUT2D eigenvalue weighted by molar-refractivity contribution is 5.94. The summed E-state index contributed by atoms with van der Waals surface area (Å²) in [6, 6.07) is 6.67. The zero-order valence-corrected chi connectivity index (χ0v) is 13.4. The molecule has 1 aromatic carbocycles. The minimum absolute atomic E-state index is 0.0878. The van der Waals surface area contributed by atoms with Crippen molar-refractivity contribution in [2.45, 2.75) is 18.9 Å². The molecule has 1 aromatic rings. The first kappa shape index (κ1) is 17.2. The summed E-state index contributed by atoms with van der Waals surface area (Å²) in [6.07, 6.45) is 0.211. The minimum atomic E-state index is -1.09. The Hall–Kier alpha value is -2.12. The van der Waals surface area contributed by atoms with Crippen LogP contribution in [0.5, 0.6) is 0 Å². The number of para-hydroxylation sites is 2. The molecule has 2 rings (SSSR count). The van der Waals surface area contributed by atoms with Crippen molar-refractivity contribution in [3.05, 3.63) is 24.3 Å². The molecule has 7 nitrogen and oxygen atoms in total. The van der Waals surface area contributed by atoms with Crippen molar-refractivity contribution in [1.29, 1.82) is 0 Å². The van der Waals surface area contributed by atoms with Gasteiger partial charge in [-0.25, -0.2) is 0 Å². The summed E-state index contributed by atoms with van der Waals surface area (Å²) in [4.78, 5) is 27.2. The number of nitrogens with one attached hydrogen (secondary N) is 1. The van der Waals surface area contributed by atoms with Crippen molar-refractivity contribution in [3.63, 3.8) is 0 Å². The van der Waals surface area contributed by atoms with Gasteiger partial charge in [0.1, 0.15) is 6.04 Å². The third-order valence-corrected chi connectivity index (χ3v) is 4.02. The lowest BCUT2D eigenvalue weighted by molar-refractivity contribution is -0.138. The fourth-order valence-corrected chi connectivity index (χ4v) is 2.53. The van der Waals surface area contributed by atoms with E-state index in [9.17, 15) is 9.59 Å². The van der Waals surface area contributed by atoms with Gasteiger partial charge in [0, 0.05) is 32.6 Å². The third kappa shape index (κ3) is 4.94. The average Bonchev–Trinajstić information content (AvgIpc) is 2.54. The molecule has 126 valence electrons. The van der Waals surface area contributed by atoms with E-state index in [1.54, 1.807) is 0 Å². The molecule has 1 atom stereocenters. The second-order valence-electron chi connectivity index (χ2n) is 5.84. The molecule has 0 bridgehead atoms. The molecular formula is C16H24N4O3. The van der Waals surface area contributed by atoms with Gasteiger partial charge in [-0.3, -0.25) is 9.59 Å². The van der Waals surface area contributed by atoms with Gasteiger partial charge < -0.3 is 26.0 Å². The molecule has 0 spiro atoms. The number of carbonyl (C=O) groups is 2. The summed E-state index contributed by atoms with van der Waals surface area (Å²) in [5.41, 5.74) is 7.18. The highest BCUT2D eigenvalue weighted by atomic mass is 16.4. The predicted octanol–water partition coefficient (Wildman–Crippen LogP) is 0.569. The van der Waals surface area contributed by atoms with E-state index in [2.05, 4.69) is 22.2 Å². The van der Waals surface area contributed by atoms with Gasteiger partial charge in [-0.1, -0.05) is 12.1 Å². The number of aliphatic carboxylic acids is 1. The number of piperazine rings is 1. The molecule has 23 heavy (non-hydrogen) atoms. The summed E-state index contributed by atoms with van der Waals surface area (Å²) in [5.74, 6) is -1.31. The average molecular weight is 320 g/mol. The number of nitrogens with two attached hydrogens (primary N) is 1. The summed E-state index contributed by atoms with van der Waals surface area (Å²) >= 11 is 0. The number of anilines is 2. The number of hydrogen-bond donors (Lipinski definition) is 3. The van der Waals surface area contributed by atoms with Gasteiger partial charge in [-0.2, -0.15) is 0 Å². The quantitative estimate of drug-likeness (QED) is 0.709.